The molecule has 14 heteroatoms. The average Bonchev–Trinajstić information content (AvgIpc) is 3.28. The van der Waals surface area contributed by atoms with E-state index in [0.29, 0.717) is 21.6 Å². The van der Waals surface area contributed by atoms with E-state index in [2.05, 4.69) is 20.8 Å². The van der Waals surface area contributed by atoms with Crippen molar-refractivity contribution in [2.75, 3.05) is 37.7 Å². The van der Waals surface area contributed by atoms with Crippen LogP contribution in [0.4, 0.5) is 24.0 Å². The van der Waals surface area contributed by atoms with Gasteiger partial charge in [-0.05, 0) is 36.4 Å². The Hall–Kier alpha value is -3.52. The van der Waals surface area contributed by atoms with Gasteiger partial charge in [0.1, 0.15) is 0 Å². The highest BCUT2D eigenvalue weighted by Gasteiger charge is 2.30. The summed E-state index contributed by atoms with van der Waals surface area (Å²) in [6.07, 6.45) is -4.45. The van der Waals surface area contributed by atoms with Gasteiger partial charge < -0.3 is 19.5 Å². The van der Waals surface area contributed by atoms with Gasteiger partial charge in [0.2, 0.25) is 16.8 Å². The lowest BCUT2D eigenvalue weighted by Crippen LogP contribution is -2.14. The highest BCUT2D eigenvalue weighted by atomic mass is 32.2. The first-order valence-electron chi connectivity index (χ1n) is 9.69. The Morgan fingerprint density at radius 3 is 2.14 bits per heavy atom. The quantitative estimate of drug-likeness (QED) is 0.307. The molecule has 0 aliphatic heterocycles. The van der Waals surface area contributed by atoms with Crippen LogP contribution in [0, 0.1) is 0 Å². The van der Waals surface area contributed by atoms with Crippen molar-refractivity contribution in [3.8, 4) is 17.2 Å². The van der Waals surface area contributed by atoms with Crippen molar-refractivity contribution in [1.82, 2.24) is 10.2 Å². The number of carbonyl (C=O) groups excluding carboxylic acids is 2. The molecule has 0 spiro atoms. The summed E-state index contributed by atoms with van der Waals surface area (Å²) in [5.41, 5.74) is -0.334. The Bertz CT molecular complexity index is 1180. The molecule has 186 valence electrons. The first-order chi connectivity index (χ1) is 16.6. The van der Waals surface area contributed by atoms with Crippen LogP contribution in [0.2, 0.25) is 0 Å². The topological polar surface area (TPSA) is 112 Å². The molecule has 0 radical (unpaired) electrons. The molecule has 0 saturated heterocycles. The third-order valence-electron chi connectivity index (χ3n) is 4.38. The number of hydrogen-bond donors (Lipinski definition) is 2. The number of benzene rings is 2. The van der Waals surface area contributed by atoms with Crippen LogP contribution in [0.1, 0.15) is 15.9 Å². The van der Waals surface area contributed by atoms with Gasteiger partial charge in [0.15, 0.2) is 15.8 Å². The number of methoxy groups -OCH3 is 3. The van der Waals surface area contributed by atoms with Crippen LogP contribution < -0.4 is 24.8 Å². The number of thioether (sulfide) groups is 1. The van der Waals surface area contributed by atoms with Gasteiger partial charge >= 0.3 is 6.18 Å². The lowest BCUT2D eigenvalue weighted by molar-refractivity contribution is -0.137. The summed E-state index contributed by atoms with van der Waals surface area (Å²) in [6.45, 7) is 0. The summed E-state index contributed by atoms with van der Waals surface area (Å²) < 4.78 is 54.0. The molecule has 0 aliphatic rings. The minimum atomic E-state index is -4.45. The van der Waals surface area contributed by atoms with E-state index in [1.54, 1.807) is 0 Å². The predicted molar refractivity (Wildman–Crippen MR) is 125 cm³/mol. The first-order valence-corrected chi connectivity index (χ1v) is 11.5. The Balaban J connectivity index is 1.57. The van der Waals surface area contributed by atoms with Gasteiger partial charge in [0, 0.05) is 11.3 Å². The normalized spacial score (nSPS) is 11.0. The number of nitrogens with one attached hydrogen (secondary N) is 2. The molecule has 3 rings (SSSR count). The Morgan fingerprint density at radius 2 is 1.60 bits per heavy atom. The lowest BCUT2D eigenvalue weighted by Gasteiger charge is -2.13. The third kappa shape index (κ3) is 6.76. The monoisotopic (exact) mass is 528 g/mol. The van der Waals surface area contributed by atoms with Crippen LogP contribution in [0.15, 0.2) is 40.7 Å². The molecule has 0 fully saturated rings. The molecule has 0 saturated carbocycles. The van der Waals surface area contributed by atoms with Crippen molar-refractivity contribution in [3.63, 3.8) is 0 Å². The Kier molecular flexibility index (Phi) is 8.40. The van der Waals surface area contributed by atoms with Crippen LogP contribution in [0.5, 0.6) is 17.2 Å². The molecule has 0 unspecified atom stereocenters. The van der Waals surface area contributed by atoms with Crippen molar-refractivity contribution < 1.29 is 37.0 Å². The zero-order valence-corrected chi connectivity index (χ0v) is 20.2. The number of rotatable bonds is 9. The number of aromatic nitrogens is 2. The van der Waals surface area contributed by atoms with Crippen molar-refractivity contribution in [3.05, 3.63) is 47.5 Å². The second kappa shape index (κ2) is 11.3. The molecule has 2 aromatic carbocycles. The van der Waals surface area contributed by atoms with Crippen LogP contribution in [0.25, 0.3) is 0 Å². The van der Waals surface area contributed by atoms with Gasteiger partial charge in [-0.1, -0.05) is 23.1 Å². The summed E-state index contributed by atoms with van der Waals surface area (Å²) in [7, 11) is 4.31. The molecular weight excluding hydrogens is 509 g/mol. The standard InChI is InChI=1S/C21H19F3N4O5S2/c1-31-14-8-11(9-15(32-2)17(14)33-3)18(30)26-19-27-28-20(35-19)34-10-16(29)25-13-6-4-12(5-7-13)21(22,23)24/h4-9H,10H2,1-3H3,(H,25,29)(H,26,27,30). The highest BCUT2D eigenvalue weighted by Crippen LogP contribution is 2.38. The van der Waals surface area contributed by atoms with E-state index in [-0.39, 0.29) is 22.1 Å². The second-order valence-corrected chi connectivity index (χ2v) is 8.85. The van der Waals surface area contributed by atoms with E-state index in [9.17, 15) is 22.8 Å². The molecule has 1 heterocycles. The summed E-state index contributed by atoms with van der Waals surface area (Å²) >= 11 is 2.11. The third-order valence-corrected chi connectivity index (χ3v) is 6.35. The average molecular weight is 529 g/mol. The second-order valence-electron chi connectivity index (χ2n) is 6.65. The van der Waals surface area contributed by atoms with Crippen molar-refractivity contribution >= 4 is 45.7 Å². The van der Waals surface area contributed by atoms with Crippen LogP contribution in [-0.4, -0.2) is 49.1 Å². The van der Waals surface area contributed by atoms with Gasteiger partial charge in [0.05, 0.1) is 32.6 Å². The maximum Gasteiger partial charge on any atom is 0.416 e. The van der Waals surface area contributed by atoms with Crippen molar-refractivity contribution in [2.24, 2.45) is 0 Å². The highest BCUT2D eigenvalue weighted by molar-refractivity contribution is 8.01. The van der Waals surface area contributed by atoms with E-state index in [4.69, 9.17) is 14.2 Å². The lowest BCUT2D eigenvalue weighted by atomic mass is 10.1. The summed E-state index contributed by atoms with van der Waals surface area (Å²) in [5, 5.41) is 13.1. The number of hydrogen-bond acceptors (Lipinski definition) is 9. The van der Waals surface area contributed by atoms with Gasteiger partial charge in [0.25, 0.3) is 5.91 Å². The van der Waals surface area contributed by atoms with E-state index >= 15 is 0 Å². The zero-order valence-electron chi connectivity index (χ0n) is 18.6. The summed E-state index contributed by atoms with van der Waals surface area (Å²) in [4.78, 5) is 24.8. The van der Waals surface area contributed by atoms with Gasteiger partial charge in [-0.3, -0.25) is 14.9 Å². The maximum absolute atomic E-state index is 12.6. The molecule has 2 amide bonds. The maximum atomic E-state index is 12.6. The minimum Gasteiger partial charge on any atom is -0.493 e. The fraction of sp³-hybridized carbons (Fsp3) is 0.238. The number of amides is 2. The largest absolute Gasteiger partial charge is 0.493 e. The SMILES string of the molecule is COc1cc(C(=O)Nc2nnc(SCC(=O)Nc3ccc(C(F)(F)F)cc3)s2)cc(OC)c1OC. The molecule has 0 aliphatic carbocycles. The summed E-state index contributed by atoms with van der Waals surface area (Å²) in [5.74, 6) is -0.0222. The molecule has 0 atom stereocenters. The number of nitrogens with zero attached hydrogens (tertiary/aromatic N) is 2. The summed E-state index contributed by atoms with van der Waals surface area (Å²) in [6, 6.07) is 7.09. The van der Waals surface area contributed by atoms with Gasteiger partial charge in [-0.15, -0.1) is 10.2 Å². The first kappa shape index (κ1) is 26.1. The van der Waals surface area contributed by atoms with Crippen LogP contribution in [0.3, 0.4) is 0 Å². The molecule has 35 heavy (non-hydrogen) atoms. The molecule has 9 nitrogen and oxygen atoms in total. The van der Waals surface area contributed by atoms with Crippen molar-refractivity contribution in [2.45, 2.75) is 10.5 Å². The fourth-order valence-corrected chi connectivity index (χ4v) is 4.31. The molecular formula is C21H19F3N4O5S2. The Labute approximate surface area is 206 Å². The number of ether oxygens (including phenoxy) is 3. The van der Waals surface area contributed by atoms with Gasteiger partial charge in [-0.2, -0.15) is 13.2 Å². The van der Waals surface area contributed by atoms with Crippen molar-refractivity contribution in [1.29, 1.82) is 0 Å². The minimum absolute atomic E-state index is 0.0590. The van der Waals surface area contributed by atoms with E-state index in [0.717, 1.165) is 35.2 Å². The van der Waals surface area contributed by atoms with E-state index in [1.165, 1.54) is 45.6 Å². The predicted octanol–water partition coefficient (Wildman–Crippen LogP) is 4.57. The number of halogens is 3. The molecule has 0 bridgehead atoms. The number of carbonyl (C=O) groups is 2. The van der Waals surface area contributed by atoms with E-state index in [1.807, 2.05) is 0 Å². The fourth-order valence-electron chi connectivity index (χ4n) is 2.77. The molecule has 3 aromatic rings. The Morgan fingerprint density at radius 1 is 0.971 bits per heavy atom. The smallest absolute Gasteiger partial charge is 0.416 e. The van der Waals surface area contributed by atoms with E-state index < -0.39 is 23.6 Å². The number of alkyl halides is 3. The number of anilines is 2. The zero-order chi connectivity index (χ0) is 25.6. The van der Waals surface area contributed by atoms with Crippen LogP contribution >= 0.6 is 23.1 Å². The molecule has 2 N–H and O–H groups in total. The van der Waals surface area contributed by atoms with Gasteiger partial charge in [-0.25, -0.2) is 0 Å². The van der Waals surface area contributed by atoms with Crippen LogP contribution in [-0.2, 0) is 11.0 Å². The molecule has 1 aromatic heterocycles.